The molecule has 0 aliphatic carbocycles. The van der Waals surface area contributed by atoms with Crippen LogP contribution in [-0.2, 0) is 9.84 Å². The number of hydrogen-bond acceptors (Lipinski definition) is 4. The number of allylic oxidation sites excluding steroid dienone is 1. The van der Waals surface area contributed by atoms with Gasteiger partial charge < -0.3 is 4.74 Å². The minimum atomic E-state index is -3.80. The molecule has 0 amide bonds. The van der Waals surface area contributed by atoms with Gasteiger partial charge in [-0.2, -0.15) is 5.26 Å². The van der Waals surface area contributed by atoms with Crippen LogP contribution in [0.5, 0.6) is 5.75 Å². The lowest BCUT2D eigenvalue weighted by Gasteiger charge is -2.04. The van der Waals surface area contributed by atoms with Crippen LogP contribution in [0.15, 0.2) is 64.4 Å². The SMILES string of the molecule is CCOc1ccc(/C=C(\C#N)S(=O)(=O)c2ccccc2)cc1. The molecule has 0 fully saturated rings. The number of benzene rings is 2. The van der Waals surface area contributed by atoms with E-state index in [2.05, 4.69) is 0 Å². The van der Waals surface area contributed by atoms with Crippen molar-refractivity contribution in [1.29, 1.82) is 5.26 Å². The van der Waals surface area contributed by atoms with Crippen LogP contribution in [0.25, 0.3) is 6.08 Å². The van der Waals surface area contributed by atoms with Gasteiger partial charge in [0.05, 0.1) is 11.5 Å². The summed E-state index contributed by atoms with van der Waals surface area (Å²) in [7, 11) is -3.80. The van der Waals surface area contributed by atoms with Gasteiger partial charge >= 0.3 is 0 Å². The first kappa shape index (κ1) is 15.8. The molecule has 0 saturated heterocycles. The smallest absolute Gasteiger partial charge is 0.216 e. The minimum Gasteiger partial charge on any atom is -0.494 e. The molecule has 0 unspecified atom stereocenters. The second-order valence-electron chi connectivity index (χ2n) is 4.44. The van der Waals surface area contributed by atoms with Gasteiger partial charge in [-0.1, -0.05) is 30.3 Å². The Morgan fingerprint density at radius 1 is 1.14 bits per heavy atom. The summed E-state index contributed by atoms with van der Waals surface area (Å²) in [6.45, 7) is 2.44. The third-order valence-corrected chi connectivity index (χ3v) is 4.62. The lowest BCUT2D eigenvalue weighted by atomic mass is 10.2. The van der Waals surface area contributed by atoms with Crippen LogP contribution in [0.4, 0.5) is 0 Å². The monoisotopic (exact) mass is 313 g/mol. The first-order valence-electron chi connectivity index (χ1n) is 6.72. The van der Waals surface area contributed by atoms with Crippen LogP contribution >= 0.6 is 0 Å². The average Bonchev–Trinajstić information content (AvgIpc) is 2.55. The third-order valence-electron chi connectivity index (χ3n) is 2.94. The molecule has 22 heavy (non-hydrogen) atoms. The number of sulfone groups is 1. The average molecular weight is 313 g/mol. The van der Waals surface area contributed by atoms with Gasteiger partial charge in [-0.05, 0) is 42.8 Å². The quantitative estimate of drug-likeness (QED) is 0.793. The standard InChI is InChI=1S/C17H15NO3S/c1-2-21-15-10-8-14(9-11-15)12-17(13-18)22(19,20)16-6-4-3-5-7-16/h3-12H,2H2,1H3/b17-12+. The number of ether oxygens (including phenoxy) is 1. The van der Waals surface area contributed by atoms with Gasteiger partial charge in [0.1, 0.15) is 16.7 Å². The molecular formula is C17H15NO3S. The molecule has 0 heterocycles. The summed E-state index contributed by atoms with van der Waals surface area (Å²) in [6, 6.07) is 16.6. The van der Waals surface area contributed by atoms with E-state index in [4.69, 9.17) is 4.74 Å². The maximum absolute atomic E-state index is 12.4. The van der Waals surface area contributed by atoms with Gasteiger partial charge in [0.2, 0.25) is 9.84 Å². The van der Waals surface area contributed by atoms with E-state index in [1.807, 2.05) is 6.92 Å². The zero-order chi connectivity index (χ0) is 16.0. The summed E-state index contributed by atoms with van der Waals surface area (Å²) in [6.07, 6.45) is 1.36. The van der Waals surface area contributed by atoms with Crippen LogP contribution in [0.2, 0.25) is 0 Å². The van der Waals surface area contributed by atoms with Crippen molar-refractivity contribution in [3.63, 3.8) is 0 Å². The molecular weight excluding hydrogens is 298 g/mol. The fourth-order valence-electron chi connectivity index (χ4n) is 1.87. The van der Waals surface area contributed by atoms with Crippen LogP contribution in [-0.4, -0.2) is 15.0 Å². The largest absolute Gasteiger partial charge is 0.494 e. The van der Waals surface area contributed by atoms with Crippen molar-refractivity contribution in [2.45, 2.75) is 11.8 Å². The van der Waals surface area contributed by atoms with Gasteiger partial charge in [0, 0.05) is 0 Å². The Kier molecular flexibility index (Phi) is 4.97. The molecule has 4 nitrogen and oxygen atoms in total. The Morgan fingerprint density at radius 2 is 1.77 bits per heavy atom. The lowest BCUT2D eigenvalue weighted by molar-refractivity contribution is 0.340. The number of hydrogen-bond donors (Lipinski definition) is 0. The molecule has 2 aromatic carbocycles. The molecule has 0 aliphatic heterocycles. The predicted octanol–water partition coefficient (Wildman–Crippen LogP) is 3.42. The van der Waals surface area contributed by atoms with Gasteiger partial charge in [-0.25, -0.2) is 8.42 Å². The molecule has 0 spiro atoms. The zero-order valence-electron chi connectivity index (χ0n) is 12.1. The highest BCUT2D eigenvalue weighted by Gasteiger charge is 2.20. The van der Waals surface area contributed by atoms with Crippen molar-refractivity contribution in [2.75, 3.05) is 6.61 Å². The summed E-state index contributed by atoms with van der Waals surface area (Å²) in [5, 5.41) is 9.20. The summed E-state index contributed by atoms with van der Waals surface area (Å²) < 4.78 is 30.2. The second-order valence-corrected chi connectivity index (χ2v) is 6.36. The zero-order valence-corrected chi connectivity index (χ0v) is 12.9. The van der Waals surface area contributed by atoms with E-state index in [0.717, 1.165) is 0 Å². The van der Waals surface area contributed by atoms with Crippen molar-refractivity contribution >= 4 is 15.9 Å². The van der Waals surface area contributed by atoms with Crippen LogP contribution < -0.4 is 4.74 Å². The van der Waals surface area contributed by atoms with E-state index in [0.29, 0.717) is 17.9 Å². The topological polar surface area (TPSA) is 67.2 Å². The summed E-state index contributed by atoms with van der Waals surface area (Å²) in [5.41, 5.74) is 0.625. The molecule has 0 atom stereocenters. The maximum atomic E-state index is 12.4. The highest BCUT2D eigenvalue weighted by Crippen LogP contribution is 2.22. The summed E-state index contributed by atoms with van der Waals surface area (Å²) in [4.78, 5) is -0.184. The first-order chi connectivity index (χ1) is 10.6. The number of rotatable bonds is 5. The van der Waals surface area contributed by atoms with Crippen molar-refractivity contribution in [1.82, 2.24) is 0 Å². The fraction of sp³-hybridized carbons (Fsp3) is 0.118. The Balaban J connectivity index is 2.37. The minimum absolute atomic E-state index is 0.105. The van der Waals surface area contributed by atoms with Crippen LogP contribution in [0.1, 0.15) is 12.5 Å². The Hall–Kier alpha value is -2.58. The van der Waals surface area contributed by atoms with Crippen molar-refractivity contribution in [3.05, 3.63) is 65.1 Å². The fourth-order valence-corrected chi connectivity index (χ4v) is 3.06. The number of nitrogens with zero attached hydrogens (tertiary/aromatic N) is 1. The normalized spacial score (nSPS) is 11.7. The molecule has 0 N–H and O–H groups in total. The highest BCUT2D eigenvalue weighted by atomic mass is 32.2. The van der Waals surface area contributed by atoms with E-state index in [9.17, 15) is 13.7 Å². The van der Waals surface area contributed by atoms with Crippen molar-refractivity contribution in [2.24, 2.45) is 0 Å². The van der Waals surface area contributed by atoms with Crippen LogP contribution in [0, 0.1) is 11.3 Å². The third kappa shape index (κ3) is 3.54. The molecule has 0 aliphatic rings. The molecule has 112 valence electrons. The van der Waals surface area contributed by atoms with Gasteiger partial charge in [-0.15, -0.1) is 0 Å². The Labute approximate surface area is 130 Å². The van der Waals surface area contributed by atoms with E-state index in [1.165, 1.54) is 18.2 Å². The van der Waals surface area contributed by atoms with Crippen molar-refractivity contribution < 1.29 is 13.2 Å². The molecule has 2 aromatic rings. The lowest BCUT2D eigenvalue weighted by Crippen LogP contribution is -2.03. The molecule has 0 bridgehead atoms. The predicted molar refractivity (Wildman–Crippen MR) is 84.8 cm³/mol. The second kappa shape index (κ2) is 6.92. The summed E-state index contributed by atoms with van der Waals surface area (Å²) >= 11 is 0. The van der Waals surface area contributed by atoms with Crippen LogP contribution in [0.3, 0.4) is 0 Å². The highest BCUT2D eigenvalue weighted by molar-refractivity contribution is 7.95. The van der Waals surface area contributed by atoms with E-state index in [1.54, 1.807) is 48.5 Å². The van der Waals surface area contributed by atoms with Gasteiger partial charge in [0.25, 0.3) is 0 Å². The van der Waals surface area contributed by atoms with E-state index >= 15 is 0 Å². The first-order valence-corrected chi connectivity index (χ1v) is 8.21. The van der Waals surface area contributed by atoms with Crippen molar-refractivity contribution in [3.8, 4) is 11.8 Å². The molecule has 2 rings (SSSR count). The maximum Gasteiger partial charge on any atom is 0.216 e. The molecule has 5 heteroatoms. The Morgan fingerprint density at radius 3 is 2.32 bits per heavy atom. The van der Waals surface area contributed by atoms with E-state index in [-0.39, 0.29) is 9.80 Å². The number of nitriles is 1. The molecule has 0 saturated carbocycles. The van der Waals surface area contributed by atoms with Gasteiger partial charge in [0.15, 0.2) is 0 Å². The Bertz CT molecular complexity index is 801. The molecule has 0 aromatic heterocycles. The summed E-state index contributed by atoms with van der Waals surface area (Å²) in [5.74, 6) is 0.698. The van der Waals surface area contributed by atoms with Gasteiger partial charge in [-0.3, -0.25) is 0 Å². The van der Waals surface area contributed by atoms with E-state index < -0.39 is 9.84 Å². The molecule has 0 radical (unpaired) electrons.